The van der Waals surface area contributed by atoms with Crippen LogP contribution in [0, 0.1) is 16.7 Å². The van der Waals surface area contributed by atoms with Gasteiger partial charge in [0.25, 0.3) is 0 Å². The van der Waals surface area contributed by atoms with Crippen molar-refractivity contribution in [2.75, 3.05) is 6.61 Å². The van der Waals surface area contributed by atoms with Crippen LogP contribution in [0.15, 0.2) is 18.2 Å². The molecule has 4 heteroatoms. The number of halogens is 1. The summed E-state index contributed by atoms with van der Waals surface area (Å²) in [7, 11) is 0. The first-order valence-corrected chi connectivity index (χ1v) is 7.80. The molecule has 0 saturated heterocycles. The van der Waals surface area contributed by atoms with Crippen LogP contribution in [0.2, 0.25) is 5.02 Å². The Morgan fingerprint density at radius 2 is 2.10 bits per heavy atom. The van der Waals surface area contributed by atoms with Gasteiger partial charge in [0.2, 0.25) is 0 Å². The van der Waals surface area contributed by atoms with Gasteiger partial charge in [-0.25, -0.2) is 0 Å². The average Bonchev–Trinajstić information content (AvgIpc) is 2.41. The summed E-state index contributed by atoms with van der Waals surface area (Å²) >= 11 is 6.22. The van der Waals surface area contributed by atoms with Gasteiger partial charge in [-0.05, 0) is 58.6 Å². The van der Waals surface area contributed by atoms with E-state index in [1.165, 1.54) is 0 Å². The molecule has 0 saturated carbocycles. The van der Waals surface area contributed by atoms with Gasteiger partial charge < -0.3 is 10.5 Å². The number of nitriles is 1. The highest BCUT2D eigenvalue weighted by atomic mass is 35.5. The van der Waals surface area contributed by atoms with E-state index in [4.69, 9.17) is 27.3 Å². The Balaban J connectivity index is 2.49. The Labute approximate surface area is 133 Å². The number of nitrogens with zero attached hydrogens (tertiary/aromatic N) is 1. The molecule has 3 nitrogen and oxygen atoms in total. The number of hydrogen-bond donors (Lipinski definition) is 1. The molecule has 0 bridgehead atoms. The SMILES string of the molecule is CC(N)Cc1c(Cl)cccc1OCCCCC(C)(C)C#N. The molecule has 21 heavy (non-hydrogen) atoms. The lowest BCUT2D eigenvalue weighted by Crippen LogP contribution is -2.18. The van der Waals surface area contributed by atoms with Crippen molar-refractivity contribution >= 4 is 11.6 Å². The number of benzene rings is 1. The number of nitrogens with two attached hydrogens (primary N) is 1. The Morgan fingerprint density at radius 3 is 2.71 bits per heavy atom. The molecule has 1 atom stereocenters. The fraction of sp³-hybridized carbons (Fsp3) is 0.588. The number of unbranched alkanes of at least 4 members (excludes halogenated alkanes) is 1. The minimum Gasteiger partial charge on any atom is -0.493 e. The van der Waals surface area contributed by atoms with Crippen molar-refractivity contribution < 1.29 is 4.74 Å². The standard InChI is InChI=1S/C17H25ClN2O/c1-13(20)11-14-15(18)7-6-8-16(14)21-10-5-4-9-17(2,3)12-19/h6-8,13H,4-5,9-11,20H2,1-3H3. The molecular weight excluding hydrogens is 284 g/mol. The molecule has 1 aromatic rings. The fourth-order valence-electron chi connectivity index (χ4n) is 2.10. The Kier molecular flexibility index (Phi) is 7.01. The second kappa shape index (κ2) is 8.26. The van der Waals surface area contributed by atoms with E-state index in [1.807, 2.05) is 39.0 Å². The Bertz CT molecular complexity index is 492. The minimum absolute atomic E-state index is 0.0451. The minimum atomic E-state index is -0.254. The van der Waals surface area contributed by atoms with E-state index in [9.17, 15) is 0 Å². The van der Waals surface area contributed by atoms with Gasteiger partial charge in [0.05, 0.1) is 18.1 Å². The molecular formula is C17H25ClN2O. The first-order valence-electron chi connectivity index (χ1n) is 7.43. The van der Waals surface area contributed by atoms with Crippen LogP contribution in [-0.2, 0) is 6.42 Å². The molecule has 1 rings (SSSR count). The molecule has 0 spiro atoms. The van der Waals surface area contributed by atoms with Crippen molar-refractivity contribution in [3.63, 3.8) is 0 Å². The van der Waals surface area contributed by atoms with E-state index in [0.29, 0.717) is 18.1 Å². The van der Waals surface area contributed by atoms with Crippen molar-refractivity contribution in [3.8, 4) is 11.8 Å². The quantitative estimate of drug-likeness (QED) is 0.727. The third-order valence-corrected chi connectivity index (χ3v) is 3.71. The molecule has 0 fully saturated rings. The highest BCUT2D eigenvalue weighted by Crippen LogP contribution is 2.28. The third kappa shape index (κ3) is 6.37. The summed E-state index contributed by atoms with van der Waals surface area (Å²) in [5, 5.41) is 9.68. The zero-order valence-electron chi connectivity index (χ0n) is 13.2. The zero-order valence-corrected chi connectivity index (χ0v) is 13.9. The summed E-state index contributed by atoms with van der Waals surface area (Å²) in [5.74, 6) is 0.819. The van der Waals surface area contributed by atoms with Crippen LogP contribution in [-0.4, -0.2) is 12.6 Å². The molecule has 0 aliphatic rings. The summed E-state index contributed by atoms with van der Waals surface area (Å²) in [6, 6.07) is 8.05. The molecule has 0 amide bonds. The van der Waals surface area contributed by atoms with Crippen molar-refractivity contribution in [1.29, 1.82) is 5.26 Å². The van der Waals surface area contributed by atoms with Crippen LogP contribution in [0.4, 0.5) is 0 Å². The van der Waals surface area contributed by atoms with Crippen LogP contribution in [0.5, 0.6) is 5.75 Å². The van der Waals surface area contributed by atoms with Gasteiger partial charge in [0.15, 0.2) is 0 Å². The summed E-state index contributed by atoms with van der Waals surface area (Å²) in [4.78, 5) is 0. The number of hydrogen-bond acceptors (Lipinski definition) is 3. The largest absolute Gasteiger partial charge is 0.493 e. The van der Waals surface area contributed by atoms with Crippen LogP contribution in [0.25, 0.3) is 0 Å². The van der Waals surface area contributed by atoms with Crippen LogP contribution < -0.4 is 10.5 Å². The highest BCUT2D eigenvalue weighted by Gasteiger charge is 2.15. The summed E-state index contributed by atoms with van der Waals surface area (Å²) < 4.78 is 5.84. The maximum Gasteiger partial charge on any atom is 0.124 e. The lowest BCUT2D eigenvalue weighted by Gasteiger charge is -2.16. The van der Waals surface area contributed by atoms with Gasteiger partial charge in [-0.1, -0.05) is 17.7 Å². The van der Waals surface area contributed by atoms with Crippen molar-refractivity contribution in [1.82, 2.24) is 0 Å². The summed E-state index contributed by atoms with van der Waals surface area (Å²) in [6.07, 6.45) is 3.49. The molecule has 2 N–H and O–H groups in total. The molecule has 0 aromatic heterocycles. The Morgan fingerprint density at radius 1 is 1.38 bits per heavy atom. The van der Waals surface area contributed by atoms with Gasteiger partial charge in [-0.3, -0.25) is 0 Å². The van der Waals surface area contributed by atoms with Gasteiger partial charge in [-0.2, -0.15) is 5.26 Å². The van der Waals surface area contributed by atoms with Crippen molar-refractivity contribution in [3.05, 3.63) is 28.8 Å². The number of ether oxygens (including phenoxy) is 1. The predicted molar refractivity (Wildman–Crippen MR) is 87.5 cm³/mol. The fourth-order valence-corrected chi connectivity index (χ4v) is 2.34. The van der Waals surface area contributed by atoms with Gasteiger partial charge in [-0.15, -0.1) is 0 Å². The molecule has 116 valence electrons. The number of rotatable bonds is 8. The predicted octanol–water partition coefficient (Wildman–Crippen LogP) is 4.33. The van der Waals surface area contributed by atoms with Crippen LogP contribution in [0.3, 0.4) is 0 Å². The van der Waals surface area contributed by atoms with E-state index in [-0.39, 0.29) is 11.5 Å². The average molecular weight is 309 g/mol. The second-order valence-corrected chi connectivity index (χ2v) is 6.61. The van der Waals surface area contributed by atoms with E-state index in [2.05, 4.69) is 6.07 Å². The Hall–Kier alpha value is -1.24. The second-order valence-electron chi connectivity index (χ2n) is 6.20. The van der Waals surface area contributed by atoms with Crippen LogP contribution in [0.1, 0.15) is 45.6 Å². The van der Waals surface area contributed by atoms with E-state index in [1.54, 1.807) is 0 Å². The van der Waals surface area contributed by atoms with E-state index in [0.717, 1.165) is 30.6 Å². The van der Waals surface area contributed by atoms with Crippen molar-refractivity contribution in [2.45, 2.75) is 52.5 Å². The maximum atomic E-state index is 8.97. The normalized spacial score (nSPS) is 12.8. The van der Waals surface area contributed by atoms with E-state index < -0.39 is 0 Å². The zero-order chi connectivity index (χ0) is 15.9. The summed E-state index contributed by atoms with van der Waals surface area (Å²) in [6.45, 7) is 6.52. The van der Waals surface area contributed by atoms with Gasteiger partial charge in [0, 0.05) is 16.6 Å². The molecule has 0 heterocycles. The molecule has 1 aromatic carbocycles. The van der Waals surface area contributed by atoms with Crippen molar-refractivity contribution in [2.24, 2.45) is 11.1 Å². The maximum absolute atomic E-state index is 8.97. The van der Waals surface area contributed by atoms with Gasteiger partial charge >= 0.3 is 0 Å². The lowest BCUT2D eigenvalue weighted by molar-refractivity contribution is 0.292. The van der Waals surface area contributed by atoms with E-state index >= 15 is 0 Å². The lowest BCUT2D eigenvalue weighted by atomic mass is 9.89. The van der Waals surface area contributed by atoms with Crippen LogP contribution >= 0.6 is 11.6 Å². The van der Waals surface area contributed by atoms with Gasteiger partial charge in [0.1, 0.15) is 5.75 Å². The topological polar surface area (TPSA) is 59.0 Å². The molecule has 0 aliphatic carbocycles. The molecule has 0 aliphatic heterocycles. The molecule has 0 radical (unpaired) electrons. The smallest absolute Gasteiger partial charge is 0.124 e. The third-order valence-electron chi connectivity index (χ3n) is 3.36. The first kappa shape index (κ1) is 17.8. The molecule has 1 unspecified atom stereocenters. The monoisotopic (exact) mass is 308 g/mol. The summed E-state index contributed by atoms with van der Waals surface area (Å²) in [5.41, 5.74) is 6.58. The first-order chi connectivity index (χ1) is 9.85. The highest BCUT2D eigenvalue weighted by molar-refractivity contribution is 6.31.